The fourth-order valence-electron chi connectivity index (χ4n) is 3.59. The van der Waals surface area contributed by atoms with E-state index in [0.717, 1.165) is 19.3 Å². The van der Waals surface area contributed by atoms with Gasteiger partial charge in [-0.05, 0) is 37.2 Å². The summed E-state index contributed by atoms with van der Waals surface area (Å²) in [4.78, 5) is 11.6. The Labute approximate surface area is 110 Å². The third kappa shape index (κ3) is 1.43. The summed E-state index contributed by atoms with van der Waals surface area (Å²) < 4.78 is 14.1. The van der Waals surface area contributed by atoms with E-state index < -0.39 is 17.2 Å². The number of carboxylic acids is 1. The molecule has 0 bridgehead atoms. The molecule has 1 aromatic rings. The first-order valence-electron chi connectivity index (χ1n) is 6.17. The van der Waals surface area contributed by atoms with E-state index in [-0.39, 0.29) is 16.0 Å². The van der Waals surface area contributed by atoms with Crippen LogP contribution in [0.2, 0.25) is 5.02 Å². The average Bonchev–Trinajstić information content (AvgIpc) is 2.20. The summed E-state index contributed by atoms with van der Waals surface area (Å²) in [6.45, 7) is 0. The molecule has 1 aromatic carbocycles. The van der Waals surface area contributed by atoms with Crippen LogP contribution in [0.1, 0.15) is 37.7 Å². The van der Waals surface area contributed by atoms with Gasteiger partial charge in [0.15, 0.2) is 0 Å². The molecule has 96 valence electrons. The predicted molar refractivity (Wildman–Crippen MR) is 66.2 cm³/mol. The zero-order valence-corrected chi connectivity index (χ0v) is 10.6. The molecular formula is C14H14ClFO2. The Morgan fingerprint density at radius 1 is 1.33 bits per heavy atom. The van der Waals surface area contributed by atoms with Gasteiger partial charge in [-0.25, -0.2) is 4.39 Å². The lowest BCUT2D eigenvalue weighted by atomic mass is 9.43. The smallest absolute Gasteiger partial charge is 0.314 e. The van der Waals surface area contributed by atoms with E-state index in [1.54, 1.807) is 12.1 Å². The molecule has 2 aliphatic carbocycles. The van der Waals surface area contributed by atoms with Crippen molar-refractivity contribution in [1.29, 1.82) is 0 Å². The van der Waals surface area contributed by atoms with Crippen LogP contribution < -0.4 is 0 Å². The average molecular weight is 269 g/mol. The molecule has 1 spiro atoms. The van der Waals surface area contributed by atoms with Crippen molar-refractivity contribution in [1.82, 2.24) is 0 Å². The van der Waals surface area contributed by atoms with Gasteiger partial charge in [0.2, 0.25) is 0 Å². The van der Waals surface area contributed by atoms with Crippen molar-refractivity contribution in [3.8, 4) is 0 Å². The van der Waals surface area contributed by atoms with Gasteiger partial charge in [-0.3, -0.25) is 4.79 Å². The molecule has 2 fully saturated rings. The third-order valence-corrected chi connectivity index (χ3v) is 4.94. The molecule has 2 aliphatic rings. The topological polar surface area (TPSA) is 37.3 Å². The second-order valence-corrected chi connectivity index (χ2v) is 6.10. The lowest BCUT2D eigenvalue weighted by molar-refractivity contribution is -0.160. The molecule has 18 heavy (non-hydrogen) atoms. The fraction of sp³-hybridized carbons (Fsp3) is 0.500. The molecule has 0 aliphatic heterocycles. The van der Waals surface area contributed by atoms with Crippen molar-refractivity contribution in [3.63, 3.8) is 0 Å². The quantitative estimate of drug-likeness (QED) is 0.887. The maximum absolute atomic E-state index is 14.1. The van der Waals surface area contributed by atoms with Crippen molar-refractivity contribution in [2.45, 2.75) is 37.5 Å². The van der Waals surface area contributed by atoms with Crippen molar-refractivity contribution in [2.75, 3.05) is 0 Å². The van der Waals surface area contributed by atoms with E-state index in [9.17, 15) is 14.3 Å². The van der Waals surface area contributed by atoms with E-state index in [0.29, 0.717) is 12.8 Å². The van der Waals surface area contributed by atoms with E-state index in [2.05, 4.69) is 0 Å². The number of hydrogen-bond donors (Lipinski definition) is 1. The molecule has 3 rings (SSSR count). The molecule has 1 N–H and O–H groups in total. The summed E-state index contributed by atoms with van der Waals surface area (Å²) >= 11 is 5.76. The highest BCUT2D eigenvalue weighted by atomic mass is 35.5. The molecule has 0 amide bonds. The van der Waals surface area contributed by atoms with Crippen LogP contribution in [0.15, 0.2) is 18.2 Å². The van der Waals surface area contributed by atoms with Crippen LogP contribution in [0.4, 0.5) is 4.39 Å². The van der Waals surface area contributed by atoms with Crippen molar-refractivity contribution >= 4 is 17.6 Å². The SMILES string of the molecule is O=C(O)C1(c2cccc(Cl)c2F)CC2(CCC2)C1. The van der Waals surface area contributed by atoms with Gasteiger partial charge in [-0.15, -0.1) is 0 Å². The van der Waals surface area contributed by atoms with Crippen LogP contribution in [0.3, 0.4) is 0 Å². The van der Waals surface area contributed by atoms with Crippen molar-refractivity contribution in [3.05, 3.63) is 34.6 Å². The van der Waals surface area contributed by atoms with E-state index in [1.165, 1.54) is 6.07 Å². The highest BCUT2D eigenvalue weighted by molar-refractivity contribution is 6.30. The minimum absolute atomic E-state index is 0.00249. The van der Waals surface area contributed by atoms with Gasteiger partial charge in [0.1, 0.15) is 5.82 Å². The second-order valence-electron chi connectivity index (χ2n) is 5.70. The molecule has 4 heteroatoms. The first-order chi connectivity index (χ1) is 8.49. The highest BCUT2D eigenvalue weighted by Gasteiger charge is 2.62. The summed E-state index contributed by atoms with van der Waals surface area (Å²) in [6, 6.07) is 4.63. The number of carboxylic acid groups (broad SMARTS) is 1. The Balaban J connectivity index is 2.01. The van der Waals surface area contributed by atoms with Crippen molar-refractivity contribution in [2.24, 2.45) is 5.41 Å². The van der Waals surface area contributed by atoms with E-state index in [4.69, 9.17) is 11.6 Å². The van der Waals surface area contributed by atoms with Gasteiger partial charge >= 0.3 is 5.97 Å². The minimum atomic E-state index is -1.06. The summed E-state index contributed by atoms with van der Waals surface area (Å²) in [7, 11) is 0. The molecule has 0 unspecified atom stereocenters. The Morgan fingerprint density at radius 3 is 2.50 bits per heavy atom. The lowest BCUT2D eigenvalue weighted by Crippen LogP contribution is -2.57. The van der Waals surface area contributed by atoms with E-state index >= 15 is 0 Å². The van der Waals surface area contributed by atoms with E-state index in [1.807, 2.05) is 0 Å². The van der Waals surface area contributed by atoms with Gasteiger partial charge in [0.25, 0.3) is 0 Å². The molecule has 0 saturated heterocycles. The molecule has 2 saturated carbocycles. The maximum atomic E-state index is 14.1. The zero-order chi connectivity index (χ0) is 13.0. The lowest BCUT2D eigenvalue weighted by Gasteiger charge is -2.59. The predicted octanol–water partition coefficient (Wildman–Crippen LogP) is 3.77. The van der Waals surface area contributed by atoms with Crippen LogP contribution in [-0.2, 0) is 10.2 Å². The molecule has 0 heterocycles. The van der Waals surface area contributed by atoms with Crippen LogP contribution in [0, 0.1) is 11.2 Å². The fourth-order valence-corrected chi connectivity index (χ4v) is 3.76. The molecular weight excluding hydrogens is 255 g/mol. The molecule has 2 nitrogen and oxygen atoms in total. The zero-order valence-electron chi connectivity index (χ0n) is 9.88. The minimum Gasteiger partial charge on any atom is -0.481 e. The summed E-state index contributed by atoms with van der Waals surface area (Å²) in [5.41, 5.74) is -0.650. The summed E-state index contributed by atoms with van der Waals surface area (Å²) in [5, 5.41) is 9.50. The first-order valence-corrected chi connectivity index (χ1v) is 6.55. The maximum Gasteiger partial charge on any atom is 0.314 e. The van der Waals surface area contributed by atoms with Crippen molar-refractivity contribution < 1.29 is 14.3 Å². The monoisotopic (exact) mass is 268 g/mol. The Morgan fingerprint density at radius 2 is 2.00 bits per heavy atom. The standard InChI is InChI=1S/C14H14ClFO2/c15-10-4-1-3-9(11(10)16)14(12(17)18)7-13(8-14)5-2-6-13/h1,3-4H,2,5-8H2,(H,17,18). The Bertz CT molecular complexity index is 515. The van der Waals surface area contributed by atoms with Crippen LogP contribution in [0.25, 0.3) is 0 Å². The summed E-state index contributed by atoms with van der Waals surface area (Å²) in [6.07, 6.45) is 4.40. The van der Waals surface area contributed by atoms with Gasteiger partial charge in [-0.2, -0.15) is 0 Å². The van der Waals surface area contributed by atoms with Gasteiger partial charge in [0.05, 0.1) is 10.4 Å². The number of hydrogen-bond acceptors (Lipinski definition) is 1. The van der Waals surface area contributed by atoms with Gasteiger partial charge < -0.3 is 5.11 Å². The van der Waals surface area contributed by atoms with Crippen LogP contribution in [-0.4, -0.2) is 11.1 Å². The molecule has 0 radical (unpaired) electrons. The molecule has 0 aromatic heterocycles. The van der Waals surface area contributed by atoms with Gasteiger partial charge in [-0.1, -0.05) is 30.2 Å². The number of rotatable bonds is 2. The molecule has 0 atom stereocenters. The number of halogens is 2. The Hall–Kier alpha value is -1.09. The number of benzene rings is 1. The Kier molecular flexibility index (Phi) is 2.46. The first kappa shape index (κ1) is 12.0. The highest BCUT2D eigenvalue weighted by Crippen LogP contribution is 2.65. The third-order valence-electron chi connectivity index (χ3n) is 4.64. The van der Waals surface area contributed by atoms with Gasteiger partial charge in [0, 0.05) is 5.56 Å². The summed E-state index contributed by atoms with van der Waals surface area (Å²) in [5.74, 6) is -1.50. The normalized spacial score (nSPS) is 23.2. The largest absolute Gasteiger partial charge is 0.481 e. The number of carbonyl (C=O) groups is 1. The number of aliphatic carboxylic acids is 1. The van der Waals surface area contributed by atoms with Crippen LogP contribution >= 0.6 is 11.6 Å². The van der Waals surface area contributed by atoms with Crippen LogP contribution in [0.5, 0.6) is 0 Å². The second kappa shape index (κ2) is 3.70.